The Labute approximate surface area is 172 Å². The first kappa shape index (κ1) is 19.7. The average molecular weight is 392 g/mol. The number of para-hydroxylation sites is 1. The van der Waals surface area contributed by atoms with Crippen LogP contribution >= 0.6 is 0 Å². The Morgan fingerprint density at radius 1 is 1.10 bits per heavy atom. The van der Waals surface area contributed by atoms with Crippen LogP contribution in [0.15, 0.2) is 72.3 Å². The molecule has 1 fully saturated rings. The van der Waals surface area contributed by atoms with E-state index in [4.69, 9.17) is 9.47 Å². The van der Waals surface area contributed by atoms with Crippen molar-refractivity contribution in [1.82, 2.24) is 0 Å². The standard InChI is InChI=1S/C25H29NO3/c1-17-14-18(2)25(16-29-24(27)26-21-12-8-5-9-13-21)15-28-23(22(17)19(25)3)20-10-6-4-7-11-20/h4-14,18-19,22-23H,15-16H2,1-3H3,(H,26,27)/t18-,19-,22-,23+,25-/m1/s1. The van der Waals surface area contributed by atoms with Crippen molar-refractivity contribution in [2.45, 2.75) is 26.9 Å². The van der Waals surface area contributed by atoms with Gasteiger partial charge in [-0.1, -0.05) is 74.0 Å². The lowest BCUT2D eigenvalue weighted by Crippen LogP contribution is -2.54. The number of fused-ring (bicyclic) bond motifs is 2. The normalized spacial score (nSPS) is 30.9. The second-order valence-electron chi connectivity index (χ2n) is 8.46. The molecule has 4 rings (SSSR count). The number of amides is 1. The van der Waals surface area contributed by atoms with Gasteiger partial charge >= 0.3 is 6.09 Å². The smallest absolute Gasteiger partial charge is 0.411 e. The molecule has 2 aromatic carbocycles. The molecule has 4 nitrogen and oxygen atoms in total. The number of carbonyl (C=O) groups excluding carboxylic acids is 1. The summed E-state index contributed by atoms with van der Waals surface area (Å²) in [5, 5.41) is 2.81. The molecule has 2 aromatic rings. The van der Waals surface area contributed by atoms with E-state index in [1.807, 2.05) is 36.4 Å². The second kappa shape index (κ2) is 8.03. The second-order valence-corrected chi connectivity index (χ2v) is 8.46. The Bertz CT molecular complexity index is 879. The fourth-order valence-corrected chi connectivity index (χ4v) is 5.08. The summed E-state index contributed by atoms with van der Waals surface area (Å²) in [5.74, 6) is 0.893. The molecule has 0 saturated carbocycles. The third-order valence-corrected chi connectivity index (χ3v) is 6.87. The predicted octanol–water partition coefficient (Wildman–Crippen LogP) is 5.84. The SMILES string of the molecule is CC1=C[C@@H](C)[C@]2(COC(=O)Nc3ccccc3)CO[C@@H](c3ccccc3)[C@H]1[C@H]2C. The van der Waals surface area contributed by atoms with Gasteiger partial charge in [0.05, 0.1) is 12.7 Å². The molecule has 1 aliphatic heterocycles. The van der Waals surface area contributed by atoms with Crippen LogP contribution in [0.4, 0.5) is 10.5 Å². The van der Waals surface area contributed by atoms with E-state index < -0.39 is 6.09 Å². The average Bonchev–Trinajstić information content (AvgIpc) is 2.73. The van der Waals surface area contributed by atoms with Crippen molar-refractivity contribution in [2.24, 2.45) is 23.2 Å². The van der Waals surface area contributed by atoms with Gasteiger partial charge in [-0.3, -0.25) is 5.32 Å². The molecule has 1 N–H and O–H groups in total. The van der Waals surface area contributed by atoms with E-state index in [0.717, 1.165) is 5.69 Å². The molecule has 4 heteroatoms. The van der Waals surface area contributed by atoms with Gasteiger partial charge in [0, 0.05) is 17.0 Å². The minimum Gasteiger partial charge on any atom is -0.449 e. The van der Waals surface area contributed by atoms with Gasteiger partial charge in [0.2, 0.25) is 0 Å². The highest BCUT2D eigenvalue weighted by molar-refractivity contribution is 5.84. The fourth-order valence-electron chi connectivity index (χ4n) is 5.08. The summed E-state index contributed by atoms with van der Waals surface area (Å²) in [6, 6.07) is 19.8. The summed E-state index contributed by atoms with van der Waals surface area (Å²) in [6.45, 7) is 7.62. The van der Waals surface area contributed by atoms with E-state index in [1.54, 1.807) is 0 Å². The molecule has 0 unspecified atom stereocenters. The first-order valence-electron chi connectivity index (χ1n) is 10.3. The molecule has 5 atom stereocenters. The summed E-state index contributed by atoms with van der Waals surface area (Å²) in [5.41, 5.74) is 3.09. The van der Waals surface area contributed by atoms with Crippen LogP contribution in [-0.4, -0.2) is 19.3 Å². The minimum absolute atomic E-state index is 0.0428. The molecule has 29 heavy (non-hydrogen) atoms. The number of hydrogen-bond donors (Lipinski definition) is 1. The van der Waals surface area contributed by atoms with Gasteiger partial charge in [-0.05, 0) is 36.5 Å². The van der Waals surface area contributed by atoms with Crippen LogP contribution in [0.1, 0.15) is 32.4 Å². The number of ether oxygens (including phenoxy) is 2. The minimum atomic E-state index is -0.419. The third kappa shape index (κ3) is 3.69. The van der Waals surface area contributed by atoms with Crippen molar-refractivity contribution in [3.63, 3.8) is 0 Å². The van der Waals surface area contributed by atoms with Crippen molar-refractivity contribution in [3.05, 3.63) is 77.9 Å². The van der Waals surface area contributed by atoms with Crippen LogP contribution in [0.2, 0.25) is 0 Å². The molecule has 2 aliphatic rings. The Morgan fingerprint density at radius 2 is 1.76 bits per heavy atom. The molecule has 0 aromatic heterocycles. The summed E-state index contributed by atoms with van der Waals surface area (Å²) in [7, 11) is 0. The Morgan fingerprint density at radius 3 is 2.45 bits per heavy atom. The summed E-state index contributed by atoms with van der Waals surface area (Å²) in [4.78, 5) is 12.4. The zero-order valence-electron chi connectivity index (χ0n) is 17.3. The van der Waals surface area contributed by atoms with Gasteiger partial charge in [-0.25, -0.2) is 4.79 Å². The molecule has 1 heterocycles. The number of allylic oxidation sites excluding steroid dienone is 1. The Kier molecular flexibility index (Phi) is 5.46. The topological polar surface area (TPSA) is 47.6 Å². The van der Waals surface area contributed by atoms with Gasteiger partial charge in [-0.2, -0.15) is 0 Å². The highest BCUT2D eigenvalue weighted by Gasteiger charge is 2.54. The van der Waals surface area contributed by atoms with Crippen LogP contribution < -0.4 is 5.32 Å². The summed E-state index contributed by atoms with van der Waals surface area (Å²) >= 11 is 0. The van der Waals surface area contributed by atoms with Gasteiger partial charge in [-0.15, -0.1) is 0 Å². The van der Waals surface area contributed by atoms with Crippen molar-refractivity contribution in [3.8, 4) is 0 Å². The number of anilines is 1. The van der Waals surface area contributed by atoms with E-state index in [0.29, 0.717) is 19.1 Å². The van der Waals surface area contributed by atoms with Gasteiger partial charge in [0.15, 0.2) is 0 Å². The maximum absolute atomic E-state index is 12.4. The van der Waals surface area contributed by atoms with E-state index in [2.05, 4.69) is 56.4 Å². The quantitative estimate of drug-likeness (QED) is 0.666. The molecule has 1 amide bonds. The number of carbonyl (C=O) groups is 1. The van der Waals surface area contributed by atoms with Crippen molar-refractivity contribution in [1.29, 1.82) is 0 Å². The van der Waals surface area contributed by atoms with Crippen LogP contribution in [0.5, 0.6) is 0 Å². The zero-order valence-corrected chi connectivity index (χ0v) is 17.3. The van der Waals surface area contributed by atoms with Crippen LogP contribution in [0, 0.1) is 23.2 Å². The van der Waals surface area contributed by atoms with Gasteiger partial charge in [0.1, 0.15) is 6.61 Å². The molecule has 0 radical (unpaired) electrons. The molecule has 0 spiro atoms. The lowest BCUT2D eigenvalue weighted by atomic mass is 9.56. The first-order valence-corrected chi connectivity index (χ1v) is 10.3. The molecule has 1 aliphatic carbocycles. The lowest BCUT2D eigenvalue weighted by Gasteiger charge is -2.55. The molecular weight excluding hydrogens is 362 g/mol. The van der Waals surface area contributed by atoms with E-state index in [9.17, 15) is 4.79 Å². The maximum atomic E-state index is 12.4. The van der Waals surface area contributed by atoms with Crippen LogP contribution in [0.25, 0.3) is 0 Å². The van der Waals surface area contributed by atoms with Gasteiger partial charge in [0.25, 0.3) is 0 Å². The summed E-state index contributed by atoms with van der Waals surface area (Å²) in [6.07, 6.45) is 1.97. The number of benzene rings is 2. The lowest BCUT2D eigenvalue weighted by molar-refractivity contribution is -0.165. The van der Waals surface area contributed by atoms with Gasteiger partial charge < -0.3 is 9.47 Å². The molecule has 1 saturated heterocycles. The largest absolute Gasteiger partial charge is 0.449 e. The molecular formula is C25H29NO3. The van der Waals surface area contributed by atoms with E-state index >= 15 is 0 Å². The maximum Gasteiger partial charge on any atom is 0.411 e. The highest BCUT2D eigenvalue weighted by Crippen LogP contribution is 2.56. The zero-order chi connectivity index (χ0) is 20.4. The number of nitrogens with one attached hydrogen (secondary N) is 1. The number of rotatable bonds is 4. The van der Waals surface area contributed by atoms with E-state index in [-0.39, 0.29) is 23.4 Å². The molecule has 2 bridgehead atoms. The Balaban J connectivity index is 1.52. The van der Waals surface area contributed by atoms with Crippen molar-refractivity contribution >= 4 is 11.8 Å². The molecule has 152 valence electrons. The van der Waals surface area contributed by atoms with Crippen LogP contribution in [0.3, 0.4) is 0 Å². The fraction of sp³-hybridized carbons (Fsp3) is 0.400. The van der Waals surface area contributed by atoms with Crippen molar-refractivity contribution in [2.75, 3.05) is 18.5 Å². The Hall–Kier alpha value is -2.59. The third-order valence-electron chi connectivity index (χ3n) is 6.87. The predicted molar refractivity (Wildman–Crippen MR) is 115 cm³/mol. The highest BCUT2D eigenvalue weighted by atomic mass is 16.6. The first-order chi connectivity index (χ1) is 14.0. The summed E-state index contributed by atoms with van der Waals surface area (Å²) < 4.78 is 12.2. The van der Waals surface area contributed by atoms with E-state index in [1.165, 1.54) is 11.1 Å². The van der Waals surface area contributed by atoms with Crippen molar-refractivity contribution < 1.29 is 14.3 Å². The van der Waals surface area contributed by atoms with Crippen LogP contribution in [-0.2, 0) is 9.47 Å². The number of hydrogen-bond acceptors (Lipinski definition) is 3. The monoisotopic (exact) mass is 391 g/mol.